The van der Waals surface area contributed by atoms with Gasteiger partial charge in [0.2, 0.25) is 11.8 Å². The number of ether oxygens (including phenoxy) is 1. The van der Waals surface area contributed by atoms with E-state index in [1.165, 1.54) is 0 Å². The number of halogens is 1. The molecule has 0 bridgehead atoms. The molecular weight excluding hydrogens is 342 g/mol. The molecule has 2 amide bonds. The molecule has 0 radical (unpaired) electrons. The van der Waals surface area contributed by atoms with E-state index in [0.29, 0.717) is 39.0 Å². The lowest BCUT2D eigenvalue weighted by Gasteiger charge is -2.35. The van der Waals surface area contributed by atoms with E-state index >= 15 is 0 Å². The van der Waals surface area contributed by atoms with Crippen molar-refractivity contribution in [3.05, 3.63) is 29.8 Å². The fourth-order valence-corrected chi connectivity index (χ4v) is 2.85. The number of carbonyl (C=O) groups is 2. The van der Waals surface area contributed by atoms with Gasteiger partial charge in [0, 0.05) is 32.6 Å². The van der Waals surface area contributed by atoms with E-state index in [2.05, 4.69) is 5.32 Å². The standard InChI is InChI=1S/C18H27N3O3.ClH/c1-19-8-4-7-17(22)20-9-11-21(12-10-20)18(23)14-15-5-3-6-16(13-15)24-2;/h3,5-6,13,19H,4,7-12,14H2,1-2H3;1H. The molecule has 140 valence electrons. The molecule has 6 nitrogen and oxygen atoms in total. The monoisotopic (exact) mass is 369 g/mol. The number of piperazine rings is 1. The van der Waals surface area contributed by atoms with Gasteiger partial charge in [0.1, 0.15) is 5.75 Å². The zero-order valence-corrected chi connectivity index (χ0v) is 15.8. The molecule has 1 heterocycles. The van der Waals surface area contributed by atoms with E-state index in [-0.39, 0.29) is 24.2 Å². The van der Waals surface area contributed by atoms with Crippen LogP contribution in [-0.2, 0) is 16.0 Å². The first-order chi connectivity index (χ1) is 11.6. The van der Waals surface area contributed by atoms with Gasteiger partial charge < -0.3 is 19.9 Å². The normalized spacial score (nSPS) is 14.0. The minimum absolute atomic E-state index is 0. The number of benzene rings is 1. The van der Waals surface area contributed by atoms with E-state index < -0.39 is 0 Å². The number of methoxy groups -OCH3 is 1. The molecule has 1 aromatic carbocycles. The summed E-state index contributed by atoms with van der Waals surface area (Å²) in [5, 5.41) is 3.05. The predicted octanol–water partition coefficient (Wildman–Crippen LogP) is 1.33. The topological polar surface area (TPSA) is 61.9 Å². The summed E-state index contributed by atoms with van der Waals surface area (Å²) >= 11 is 0. The summed E-state index contributed by atoms with van der Waals surface area (Å²) in [5.41, 5.74) is 0.949. The second-order valence-electron chi connectivity index (χ2n) is 6.00. The van der Waals surface area contributed by atoms with E-state index in [9.17, 15) is 9.59 Å². The number of carbonyl (C=O) groups excluding carboxylic acids is 2. The molecular formula is C18H28ClN3O3. The summed E-state index contributed by atoms with van der Waals surface area (Å²) < 4.78 is 5.19. The lowest BCUT2D eigenvalue weighted by Crippen LogP contribution is -2.51. The molecule has 2 rings (SSSR count). The first-order valence-corrected chi connectivity index (χ1v) is 8.47. The van der Waals surface area contributed by atoms with E-state index in [0.717, 1.165) is 24.3 Å². The van der Waals surface area contributed by atoms with Crippen LogP contribution in [0.2, 0.25) is 0 Å². The van der Waals surface area contributed by atoms with Crippen LogP contribution in [0.25, 0.3) is 0 Å². The van der Waals surface area contributed by atoms with Gasteiger partial charge in [-0.3, -0.25) is 9.59 Å². The Hall–Kier alpha value is -1.79. The predicted molar refractivity (Wildman–Crippen MR) is 100 cm³/mol. The molecule has 1 fully saturated rings. The minimum Gasteiger partial charge on any atom is -0.497 e. The molecule has 1 N–H and O–H groups in total. The van der Waals surface area contributed by atoms with Crippen molar-refractivity contribution in [3.63, 3.8) is 0 Å². The Balaban J connectivity index is 0.00000312. The van der Waals surface area contributed by atoms with Crippen LogP contribution in [-0.4, -0.2) is 68.5 Å². The first-order valence-electron chi connectivity index (χ1n) is 8.47. The Kier molecular flexibility index (Phi) is 9.31. The molecule has 1 aliphatic heterocycles. The van der Waals surface area contributed by atoms with Crippen molar-refractivity contribution >= 4 is 24.2 Å². The number of hydrogen-bond donors (Lipinski definition) is 1. The molecule has 0 aliphatic carbocycles. The molecule has 1 saturated heterocycles. The summed E-state index contributed by atoms with van der Waals surface area (Å²) in [4.78, 5) is 28.2. The zero-order valence-electron chi connectivity index (χ0n) is 15.0. The fourth-order valence-electron chi connectivity index (χ4n) is 2.85. The summed E-state index contributed by atoms with van der Waals surface area (Å²) in [5.74, 6) is 1.05. The number of rotatable bonds is 7. The highest BCUT2D eigenvalue weighted by molar-refractivity contribution is 5.85. The molecule has 7 heteroatoms. The summed E-state index contributed by atoms with van der Waals surface area (Å²) in [6.45, 7) is 3.33. The van der Waals surface area contributed by atoms with Gasteiger partial charge in [-0.15, -0.1) is 12.4 Å². The van der Waals surface area contributed by atoms with Crippen molar-refractivity contribution < 1.29 is 14.3 Å². The van der Waals surface area contributed by atoms with Gasteiger partial charge in [-0.25, -0.2) is 0 Å². The Morgan fingerprint density at radius 1 is 1.12 bits per heavy atom. The van der Waals surface area contributed by atoms with Crippen LogP contribution in [0, 0.1) is 0 Å². The SMILES string of the molecule is CNCCCC(=O)N1CCN(C(=O)Cc2cccc(OC)c2)CC1.Cl. The average Bonchev–Trinajstić information content (AvgIpc) is 2.62. The van der Waals surface area contributed by atoms with Gasteiger partial charge in [0.05, 0.1) is 13.5 Å². The molecule has 1 aromatic rings. The highest BCUT2D eigenvalue weighted by Gasteiger charge is 2.23. The molecule has 0 atom stereocenters. The Morgan fingerprint density at radius 2 is 1.76 bits per heavy atom. The molecule has 0 aromatic heterocycles. The first kappa shape index (κ1) is 21.3. The highest BCUT2D eigenvalue weighted by Crippen LogP contribution is 2.14. The second kappa shape index (κ2) is 10.9. The Labute approximate surface area is 155 Å². The highest BCUT2D eigenvalue weighted by atomic mass is 35.5. The fraction of sp³-hybridized carbons (Fsp3) is 0.556. The molecule has 0 spiro atoms. The van der Waals surface area contributed by atoms with E-state index in [1.807, 2.05) is 41.1 Å². The van der Waals surface area contributed by atoms with Gasteiger partial charge in [-0.1, -0.05) is 12.1 Å². The zero-order chi connectivity index (χ0) is 17.4. The van der Waals surface area contributed by atoms with Crippen LogP contribution in [0.5, 0.6) is 5.75 Å². The number of amides is 2. The van der Waals surface area contributed by atoms with Crippen molar-refractivity contribution in [2.24, 2.45) is 0 Å². The third kappa shape index (κ3) is 6.55. The Morgan fingerprint density at radius 3 is 2.36 bits per heavy atom. The van der Waals surface area contributed by atoms with Crippen molar-refractivity contribution in [1.29, 1.82) is 0 Å². The molecule has 0 saturated carbocycles. The number of hydrogen-bond acceptors (Lipinski definition) is 4. The van der Waals surface area contributed by atoms with Crippen LogP contribution in [0.4, 0.5) is 0 Å². The second-order valence-corrected chi connectivity index (χ2v) is 6.00. The van der Waals surface area contributed by atoms with Crippen LogP contribution < -0.4 is 10.1 Å². The van der Waals surface area contributed by atoms with E-state index in [1.54, 1.807) is 7.11 Å². The maximum absolute atomic E-state index is 12.4. The van der Waals surface area contributed by atoms with Gasteiger partial charge in [0.15, 0.2) is 0 Å². The van der Waals surface area contributed by atoms with Crippen LogP contribution in [0.15, 0.2) is 24.3 Å². The maximum Gasteiger partial charge on any atom is 0.227 e. The third-order valence-electron chi connectivity index (χ3n) is 4.29. The van der Waals surface area contributed by atoms with Crippen molar-refractivity contribution in [3.8, 4) is 5.75 Å². The minimum atomic E-state index is 0. The van der Waals surface area contributed by atoms with Crippen molar-refractivity contribution in [2.45, 2.75) is 19.3 Å². The van der Waals surface area contributed by atoms with Crippen LogP contribution >= 0.6 is 12.4 Å². The third-order valence-corrected chi connectivity index (χ3v) is 4.29. The van der Waals surface area contributed by atoms with Crippen LogP contribution in [0.3, 0.4) is 0 Å². The number of nitrogens with one attached hydrogen (secondary N) is 1. The van der Waals surface area contributed by atoms with Crippen molar-refractivity contribution in [2.75, 3.05) is 46.9 Å². The molecule has 0 unspecified atom stereocenters. The van der Waals surface area contributed by atoms with Gasteiger partial charge in [-0.2, -0.15) is 0 Å². The summed E-state index contributed by atoms with van der Waals surface area (Å²) in [6, 6.07) is 7.58. The Bertz CT molecular complexity index is 560. The van der Waals surface area contributed by atoms with E-state index in [4.69, 9.17) is 4.74 Å². The van der Waals surface area contributed by atoms with Crippen molar-refractivity contribution in [1.82, 2.24) is 15.1 Å². The lowest BCUT2D eigenvalue weighted by molar-refractivity contribution is -0.139. The maximum atomic E-state index is 12.4. The van der Waals surface area contributed by atoms with Crippen LogP contribution in [0.1, 0.15) is 18.4 Å². The summed E-state index contributed by atoms with van der Waals surface area (Å²) in [6.07, 6.45) is 1.79. The molecule has 1 aliphatic rings. The number of nitrogens with zero attached hydrogens (tertiary/aromatic N) is 2. The quantitative estimate of drug-likeness (QED) is 0.736. The largest absolute Gasteiger partial charge is 0.497 e. The smallest absolute Gasteiger partial charge is 0.227 e. The van der Waals surface area contributed by atoms with Gasteiger partial charge in [0.25, 0.3) is 0 Å². The lowest BCUT2D eigenvalue weighted by atomic mass is 10.1. The molecule has 25 heavy (non-hydrogen) atoms. The van der Waals surface area contributed by atoms with Gasteiger partial charge >= 0.3 is 0 Å². The average molecular weight is 370 g/mol. The van der Waals surface area contributed by atoms with Gasteiger partial charge in [-0.05, 0) is 37.7 Å². The summed E-state index contributed by atoms with van der Waals surface area (Å²) in [7, 11) is 3.50.